The number of carbonyl (C=O) groups is 1. The number of urea groups is 1. The Kier molecular flexibility index (Phi) is 5.48. The predicted octanol–water partition coefficient (Wildman–Crippen LogP) is 4.86. The van der Waals surface area contributed by atoms with Crippen molar-refractivity contribution in [1.82, 2.24) is 0 Å². The zero-order chi connectivity index (χ0) is 17.9. The summed E-state index contributed by atoms with van der Waals surface area (Å²) < 4.78 is 5.06. The molecule has 9 heteroatoms. The van der Waals surface area contributed by atoms with Gasteiger partial charge in [0.2, 0.25) is 0 Å². The maximum Gasteiger partial charge on any atom is 0.323 e. The van der Waals surface area contributed by atoms with Crippen molar-refractivity contribution < 1.29 is 14.5 Å². The van der Waals surface area contributed by atoms with E-state index < -0.39 is 11.0 Å². The number of methoxy groups -OCH3 is 1. The van der Waals surface area contributed by atoms with Crippen molar-refractivity contribution in [3.8, 4) is 5.75 Å². The molecule has 7 nitrogen and oxygen atoms in total. The van der Waals surface area contributed by atoms with Crippen LogP contribution in [0.25, 0.3) is 0 Å². The highest BCUT2D eigenvalue weighted by Crippen LogP contribution is 2.30. The molecule has 0 heterocycles. The lowest BCUT2D eigenvalue weighted by molar-refractivity contribution is -0.384. The Hall–Kier alpha value is -2.51. The van der Waals surface area contributed by atoms with Crippen LogP contribution in [-0.4, -0.2) is 18.1 Å². The van der Waals surface area contributed by atoms with Crippen molar-refractivity contribution >= 4 is 46.3 Å². The molecular weight excluding hydrogens is 357 g/mol. The van der Waals surface area contributed by atoms with Crippen molar-refractivity contribution in [3.05, 3.63) is 56.1 Å². The summed E-state index contributed by atoms with van der Waals surface area (Å²) in [4.78, 5) is 22.3. The van der Waals surface area contributed by atoms with Gasteiger partial charge in [0.25, 0.3) is 5.69 Å². The summed E-state index contributed by atoms with van der Waals surface area (Å²) in [6, 6.07) is 6.49. The first-order chi connectivity index (χ1) is 11.3. The largest absolute Gasteiger partial charge is 0.494 e. The highest BCUT2D eigenvalue weighted by molar-refractivity contribution is 6.42. The van der Waals surface area contributed by atoms with Gasteiger partial charge in [-0.25, -0.2) is 4.79 Å². The molecule has 2 N–H and O–H groups in total. The number of anilines is 2. The van der Waals surface area contributed by atoms with Crippen LogP contribution < -0.4 is 15.4 Å². The molecule has 2 aromatic rings. The number of amides is 2. The predicted molar refractivity (Wildman–Crippen MR) is 93.5 cm³/mol. The van der Waals surface area contributed by atoms with Crippen LogP contribution in [0.4, 0.5) is 21.9 Å². The molecule has 0 spiro atoms. The minimum absolute atomic E-state index is 0.141. The van der Waals surface area contributed by atoms with E-state index in [0.717, 1.165) is 5.56 Å². The zero-order valence-corrected chi connectivity index (χ0v) is 14.2. The van der Waals surface area contributed by atoms with Gasteiger partial charge < -0.3 is 15.4 Å². The highest BCUT2D eigenvalue weighted by Gasteiger charge is 2.14. The SMILES string of the molecule is COc1cc([N+](=O)[O-])ccc1NC(=O)Nc1cc(Cl)c(Cl)cc1C. The zero-order valence-electron chi connectivity index (χ0n) is 12.7. The third-order valence-corrected chi connectivity index (χ3v) is 3.88. The average Bonchev–Trinajstić information content (AvgIpc) is 2.52. The summed E-state index contributed by atoms with van der Waals surface area (Å²) in [5, 5.41) is 16.7. The molecule has 0 aromatic heterocycles. The minimum atomic E-state index is -0.552. The maximum atomic E-state index is 12.1. The van der Waals surface area contributed by atoms with Gasteiger partial charge >= 0.3 is 6.03 Å². The standard InChI is InChI=1S/C15H13Cl2N3O4/c1-8-5-10(16)11(17)7-13(8)19-15(21)18-12-4-3-9(20(22)23)6-14(12)24-2/h3-7H,1-2H3,(H2,18,19,21). The lowest BCUT2D eigenvalue weighted by Crippen LogP contribution is -2.20. The van der Waals surface area contributed by atoms with Crippen molar-refractivity contribution in [2.75, 3.05) is 17.7 Å². The van der Waals surface area contributed by atoms with E-state index in [1.165, 1.54) is 31.4 Å². The molecule has 126 valence electrons. The summed E-state index contributed by atoms with van der Waals surface area (Å²) >= 11 is 11.8. The fourth-order valence-electron chi connectivity index (χ4n) is 1.95. The van der Waals surface area contributed by atoms with Crippen LogP contribution in [0.2, 0.25) is 10.0 Å². The second-order valence-electron chi connectivity index (χ2n) is 4.80. The number of benzene rings is 2. The summed E-state index contributed by atoms with van der Waals surface area (Å²) in [6.07, 6.45) is 0. The van der Waals surface area contributed by atoms with Gasteiger partial charge in [0.15, 0.2) is 0 Å². The van der Waals surface area contributed by atoms with E-state index in [1.54, 1.807) is 13.0 Å². The van der Waals surface area contributed by atoms with Gasteiger partial charge in [0, 0.05) is 11.8 Å². The van der Waals surface area contributed by atoms with E-state index in [4.69, 9.17) is 27.9 Å². The van der Waals surface area contributed by atoms with Crippen molar-refractivity contribution in [3.63, 3.8) is 0 Å². The average molecular weight is 370 g/mol. The molecule has 0 atom stereocenters. The Morgan fingerprint density at radius 1 is 1.12 bits per heavy atom. The number of aryl methyl sites for hydroxylation is 1. The lowest BCUT2D eigenvalue weighted by Gasteiger charge is -2.13. The number of halogens is 2. The first-order valence-electron chi connectivity index (χ1n) is 6.68. The van der Waals surface area contributed by atoms with Crippen LogP contribution in [0.3, 0.4) is 0 Å². The Balaban J connectivity index is 2.18. The first-order valence-corrected chi connectivity index (χ1v) is 7.43. The Labute approximate surface area is 147 Å². The molecule has 0 unspecified atom stereocenters. The molecule has 0 saturated heterocycles. The molecule has 0 bridgehead atoms. The Bertz CT molecular complexity index is 812. The molecule has 0 saturated carbocycles. The molecule has 0 aliphatic carbocycles. The van der Waals surface area contributed by atoms with E-state index in [-0.39, 0.29) is 11.4 Å². The van der Waals surface area contributed by atoms with Crippen LogP contribution in [-0.2, 0) is 0 Å². The molecule has 24 heavy (non-hydrogen) atoms. The number of nitro groups is 1. The number of non-ortho nitro benzene ring substituents is 1. The van der Waals surface area contributed by atoms with Crippen LogP contribution in [0.5, 0.6) is 5.75 Å². The minimum Gasteiger partial charge on any atom is -0.494 e. The molecule has 2 rings (SSSR count). The van der Waals surface area contributed by atoms with E-state index >= 15 is 0 Å². The number of rotatable bonds is 4. The molecule has 0 fully saturated rings. The Morgan fingerprint density at radius 2 is 1.75 bits per heavy atom. The molecule has 2 aromatic carbocycles. The Morgan fingerprint density at radius 3 is 2.38 bits per heavy atom. The van der Waals surface area contributed by atoms with Gasteiger partial charge in [0.1, 0.15) is 5.75 Å². The highest BCUT2D eigenvalue weighted by atomic mass is 35.5. The smallest absolute Gasteiger partial charge is 0.323 e. The number of nitro benzene ring substituents is 1. The van der Waals surface area contributed by atoms with Crippen molar-refractivity contribution in [2.45, 2.75) is 6.92 Å². The lowest BCUT2D eigenvalue weighted by atomic mass is 10.2. The van der Waals surface area contributed by atoms with E-state index in [1.807, 2.05) is 0 Å². The number of nitrogens with one attached hydrogen (secondary N) is 2. The second kappa shape index (κ2) is 7.37. The number of carbonyl (C=O) groups excluding carboxylic acids is 1. The van der Waals surface area contributed by atoms with E-state index in [0.29, 0.717) is 21.4 Å². The van der Waals surface area contributed by atoms with Crippen LogP contribution >= 0.6 is 23.2 Å². The van der Waals surface area contributed by atoms with Crippen LogP contribution in [0.15, 0.2) is 30.3 Å². The van der Waals surface area contributed by atoms with Crippen LogP contribution in [0.1, 0.15) is 5.56 Å². The van der Waals surface area contributed by atoms with Crippen molar-refractivity contribution in [2.24, 2.45) is 0 Å². The number of nitrogens with zero attached hydrogens (tertiary/aromatic N) is 1. The third kappa shape index (κ3) is 4.06. The quantitative estimate of drug-likeness (QED) is 0.594. The fourth-order valence-corrected chi connectivity index (χ4v) is 2.34. The van der Waals surface area contributed by atoms with Crippen molar-refractivity contribution in [1.29, 1.82) is 0 Å². The topological polar surface area (TPSA) is 93.5 Å². The van der Waals surface area contributed by atoms with Gasteiger partial charge in [-0.2, -0.15) is 0 Å². The fraction of sp³-hybridized carbons (Fsp3) is 0.133. The van der Waals surface area contributed by atoms with Gasteiger partial charge in [-0.1, -0.05) is 23.2 Å². The van der Waals surface area contributed by atoms with E-state index in [2.05, 4.69) is 10.6 Å². The normalized spacial score (nSPS) is 10.2. The van der Waals surface area contributed by atoms with Crippen LogP contribution in [0, 0.1) is 17.0 Å². The third-order valence-electron chi connectivity index (χ3n) is 3.16. The molecule has 0 aliphatic heterocycles. The summed E-state index contributed by atoms with van der Waals surface area (Å²) in [5.74, 6) is 0.171. The first kappa shape index (κ1) is 17.8. The van der Waals surface area contributed by atoms with Gasteiger partial charge in [0.05, 0.1) is 33.8 Å². The summed E-state index contributed by atoms with van der Waals surface area (Å²) in [6.45, 7) is 1.77. The summed E-state index contributed by atoms with van der Waals surface area (Å²) in [7, 11) is 1.35. The maximum absolute atomic E-state index is 12.1. The number of hydrogen-bond acceptors (Lipinski definition) is 4. The molecule has 2 amide bonds. The molecule has 0 radical (unpaired) electrons. The molecular formula is C15H13Cl2N3O4. The summed E-state index contributed by atoms with van der Waals surface area (Å²) in [5.41, 5.74) is 1.37. The van der Waals surface area contributed by atoms with Gasteiger partial charge in [-0.3, -0.25) is 10.1 Å². The number of ether oxygens (including phenoxy) is 1. The number of hydrogen-bond donors (Lipinski definition) is 2. The molecule has 0 aliphatic rings. The monoisotopic (exact) mass is 369 g/mol. The van der Waals surface area contributed by atoms with Gasteiger partial charge in [-0.05, 0) is 30.7 Å². The second-order valence-corrected chi connectivity index (χ2v) is 5.62. The van der Waals surface area contributed by atoms with Gasteiger partial charge in [-0.15, -0.1) is 0 Å². The van der Waals surface area contributed by atoms with E-state index in [9.17, 15) is 14.9 Å².